The first-order valence-electron chi connectivity index (χ1n) is 6.56. The standard InChI is InChI=1S/C8H17NSi.C2F6NO4S2/c1-7-5-6-9(4,10)8(7,2)3;3-1(4,5)14(10,11)9-15(12,13)2(6,7)8/h7H,5-6H2,1-4H3;/q+1;-1. The second-order valence-corrected chi connectivity index (χ2v) is 10.6. The molecule has 0 aliphatic carbocycles. The van der Waals surface area contributed by atoms with E-state index in [0.29, 0.717) is 5.54 Å². The molecule has 3 radical (unpaired) electrons. The largest absolute Gasteiger partial charge is 0.480 e. The molecule has 2 unspecified atom stereocenters. The van der Waals surface area contributed by atoms with Gasteiger partial charge in [0.1, 0.15) is 0 Å². The Morgan fingerprint density at radius 2 is 1.32 bits per heavy atom. The Kier molecular flexibility index (Phi) is 6.87. The lowest BCUT2D eigenvalue weighted by Crippen LogP contribution is -2.54. The maximum Gasteiger partial charge on any atom is 0.480 e. The molecule has 0 amide bonds. The van der Waals surface area contributed by atoms with E-state index in [1.165, 1.54) is 13.0 Å². The third-order valence-electron chi connectivity index (χ3n) is 4.27. The lowest BCUT2D eigenvalue weighted by Gasteiger charge is -2.41. The van der Waals surface area contributed by atoms with Crippen LogP contribution in [0.2, 0.25) is 0 Å². The molecule has 1 aliphatic heterocycles. The normalized spacial score (nSPS) is 27.6. The lowest BCUT2D eigenvalue weighted by molar-refractivity contribution is -0.836. The van der Waals surface area contributed by atoms with Gasteiger partial charge in [-0.1, -0.05) is 6.92 Å². The van der Waals surface area contributed by atoms with E-state index in [1.54, 1.807) is 0 Å². The minimum absolute atomic E-state index is 0.400. The fraction of sp³-hybridized carbons (Fsp3) is 1.00. The zero-order valence-electron chi connectivity index (χ0n) is 13.6. The third-order valence-corrected chi connectivity index (χ3v) is 7.81. The van der Waals surface area contributed by atoms with Crippen molar-refractivity contribution < 1.29 is 47.3 Å². The molecule has 1 heterocycles. The summed E-state index contributed by atoms with van der Waals surface area (Å²) in [4.78, 5) is 0. The van der Waals surface area contributed by atoms with Crippen molar-refractivity contribution in [2.45, 2.75) is 43.7 Å². The van der Waals surface area contributed by atoms with Crippen molar-refractivity contribution in [1.82, 2.24) is 0 Å². The van der Waals surface area contributed by atoms with E-state index in [2.05, 4.69) is 38.2 Å². The number of hydrogen-bond acceptors (Lipinski definition) is 4. The first kappa shape index (κ1) is 24.6. The molecule has 6 nitrogen and oxygen atoms in total. The Morgan fingerprint density at radius 3 is 1.44 bits per heavy atom. The van der Waals surface area contributed by atoms with E-state index < -0.39 is 31.1 Å². The van der Waals surface area contributed by atoms with Crippen LogP contribution in [0.1, 0.15) is 27.2 Å². The van der Waals surface area contributed by atoms with Crippen molar-refractivity contribution in [3.8, 4) is 0 Å². The van der Waals surface area contributed by atoms with Gasteiger partial charge in [-0.25, -0.2) is 16.8 Å². The molecule has 149 valence electrons. The number of rotatable bonds is 2. The quantitative estimate of drug-likeness (QED) is 0.493. The topological polar surface area (TPSA) is 82.4 Å². The smallest absolute Gasteiger partial charge is 0.421 e. The summed E-state index contributed by atoms with van der Waals surface area (Å²) >= 11 is 0. The Hall–Kier alpha value is -0.383. The van der Waals surface area contributed by atoms with Gasteiger partial charge in [-0.05, 0) is 13.8 Å². The average Bonchev–Trinajstić information content (AvgIpc) is 2.49. The highest BCUT2D eigenvalue weighted by atomic mass is 32.3. The van der Waals surface area contributed by atoms with Gasteiger partial charge in [0, 0.05) is 12.3 Å². The molecule has 1 rings (SSSR count). The van der Waals surface area contributed by atoms with Crippen LogP contribution in [0.4, 0.5) is 26.3 Å². The molecular weight excluding hydrogens is 418 g/mol. The van der Waals surface area contributed by atoms with Crippen molar-refractivity contribution in [2.24, 2.45) is 5.92 Å². The molecule has 1 saturated heterocycles. The molecule has 0 aromatic rings. The number of sulfonamides is 2. The number of likely N-dealkylation sites (tertiary alicyclic amines) is 1. The van der Waals surface area contributed by atoms with Crippen LogP contribution in [0, 0.1) is 5.92 Å². The minimum Gasteiger partial charge on any atom is -0.421 e. The van der Waals surface area contributed by atoms with E-state index in [4.69, 9.17) is 0 Å². The van der Waals surface area contributed by atoms with Gasteiger partial charge in [0.05, 0.1) is 19.1 Å². The molecular formula is C10H17F6N2O4S2Si. The van der Waals surface area contributed by atoms with Crippen molar-refractivity contribution >= 4 is 30.5 Å². The summed E-state index contributed by atoms with van der Waals surface area (Å²) in [5.41, 5.74) is -12.0. The molecule has 25 heavy (non-hydrogen) atoms. The Balaban J connectivity index is 0.000000496. The molecule has 2 atom stereocenters. The van der Waals surface area contributed by atoms with Gasteiger partial charge in [-0.15, -0.1) is 0 Å². The number of quaternary nitrogens is 1. The maximum absolute atomic E-state index is 11.4. The number of halogens is 6. The van der Waals surface area contributed by atoms with Crippen molar-refractivity contribution in [3.05, 3.63) is 4.13 Å². The molecule has 1 fully saturated rings. The Labute approximate surface area is 145 Å². The number of hydrogen-bond donors (Lipinski definition) is 0. The predicted octanol–water partition coefficient (Wildman–Crippen LogP) is 2.39. The van der Waals surface area contributed by atoms with E-state index in [9.17, 15) is 43.2 Å². The predicted molar refractivity (Wildman–Crippen MR) is 78.0 cm³/mol. The summed E-state index contributed by atoms with van der Waals surface area (Å²) in [6.45, 7) is 8.25. The van der Waals surface area contributed by atoms with Gasteiger partial charge in [0.25, 0.3) is 0 Å². The number of nitrogens with zero attached hydrogens (tertiary/aromatic N) is 2. The van der Waals surface area contributed by atoms with E-state index in [-0.39, 0.29) is 0 Å². The monoisotopic (exact) mass is 435 g/mol. The molecule has 0 spiro atoms. The van der Waals surface area contributed by atoms with E-state index >= 15 is 0 Å². The van der Waals surface area contributed by atoms with Crippen LogP contribution in [-0.4, -0.2) is 61.5 Å². The minimum atomic E-state index is -6.72. The van der Waals surface area contributed by atoms with Crippen LogP contribution in [-0.2, 0) is 20.0 Å². The summed E-state index contributed by atoms with van der Waals surface area (Å²) in [7, 11) is -7.40. The summed E-state index contributed by atoms with van der Waals surface area (Å²) in [6, 6.07) is 0. The second kappa shape index (κ2) is 6.98. The number of alkyl halides is 6. The van der Waals surface area contributed by atoms with Gasteiger partial charge < -0.3 is 8.28 Å². The van der Waals surface area contributed by atoms with Gasteiger partial charge in [-0.2, -0.15) is 26.3 Å². The third kappa shape index (κ3) is 5.54. The summed E-state index contributed by atoms with van der Waals surface area (Å²) in [6.07, 6.45) is 1.34. The van der Waals surface area contributed by atoms with Crippen molar-refractivity contribution in [3.63, 3.8) is 0 Å². The first-order chi connectivity index (χ1) is 10.6. The zero-order valence-corrected chi connectivity index (χ0v) is 16.2. The maximum atomic E-state index is 11.4. The van der Waals surface area contributed by atoms with Crippen LogP contribution >= 0.6 is 0 Å². The first-order valence-corrected chi connectivity index (χ1v) is 9.89. The van der Waals surface area contributed by atoms with Crippen LogP contribution in [0.3, 0.4) is 0 Å². The second-order valence-electron chi connectivity index (χ2n) is 6.17. The van der Waals surface area contributed by atoms with E-state index in [0.717, 1.165) is 14.2 Å². The fourth-order valence-electron chi connectivity index (χ4n) is 1.79. The van der Waals surface area contributed by atoms with Crippen LogP contribution < -0.4 is 0 Å². The summed E-state index contributed by atoms with van der Waals surface area (Å²) in [5, 5.41) is 0. The van der Waals surface area contributed by atoms with Crippen LogP contribution in [0.5, 0.6) is 0 Å². The van der Waals surface area contributed by atoms with Gasteiger partial charge in [0.2, 0.25) is 0 Å². The zero-order chi connectivity index (χ0) is 20.7. The average molecular weight is 435 g/mol. The van der Waals surface area contributed by atoms with Gasteiger partial charge >= 0.3 is 21.4 Å². The van der Waals surface area contributed by atoms with Gasteiger partial charge in [0.15, 0.2) is 20.0 Å². The molecule has 0 aromatic carbocycles. The Bertz CT molecular complexity index is 643. The fourth-order valence-corrected chi connectivity index (χ4v) is 3.85. The molecule has 0 aromatic heterocycles. The molecule has 0 bridgehead atoms. The Morgan fingerprint density at radius 1 is 1.00 bits per heavy atom. The molecule has 0 saturated carbocycles. The van der Waals surface area contributed by atoms with Crippen LogP contribution in [0.15, 0.2) is 0 Å². The lowest BCUT2D eigenvalue weighted by atomic mass is 9.91. The van der Waals surface area contributed by atoms with E-state index in [1.807, 2.05) is 0 Å². The SMILES string of the molecule is CC1CC[N+](C)([Si])C1(C)C.O=S(=O)([N-]S(=O)(=O)C(F)(F)F)C(F)(F)F. The summed E-state index contributed by atoms with van der Waals surface area (Å²) < 4.78 is 110. The van der Waals surface area contributed by atoms with Crippen molar-refractivity contribution in [2.75, 3.05) is 13.6 Å². The highest BCUT2D eigenvalue weighted by Gasteiger charge is 2.47. The van der Waals surface area contributed by atoms with Crippen molar-refractivity contribution in [1.29, 1.82) is 0 Å². The van der Waals surface area contributed by atoms with Gasteiger partial charge in [-0.3, -0.25) is 0 Å². The molecule has 0 N–H and O–H groups in total. The molecule has 1 aliphatic rings. The highest BCUT2D eigenvalue weighted by molar-refractivity contribution is 8.13. The van der Waals surface area contributed by atoms with Crippen LogP contribution in [0.25, 0.3) is 4.13 Å². The summed E-state index contributed by atoms with van der Waals surface area (Å²) in [5.74, 6) is 0.829. The highest BCUT2D eigenvalue weighted by Crippen LogP contribution is 2.37. The molecule has 15 heteroatoms.